The molecule has 0 aliphatic rings. The first-order valence-corrected chi connectivity index (χ1v) is 7.35. The van der Waals surface area contributed by atoms with E-state index in [4.69, 9.17) is 11.6 Å². The standard InChI is InChI=1S/C14H10ClFO2S/c15-13-10-12(6-7-14(13)16)19(17,18)9-8-11-4-2-1-3-5-11/h1-10H. The molecule has 0 amide bonds. The molecule has 0 aliphatic carbocycles. The van der Waals surface area contributed by atoms with Gasteiger partial charge in [0.15, 0.2) is 9.84 Å². The second-order valence-corrected chi connectivity index (χ2v) is 6.08. The largest absolute Gasteiger partial charge is 0.219 e. The second-order valence-electron chi connectivity index (χ2n) is 3.83. The van der Waals surface area contributed by atoms with Crippen LogP contribution in [0.3, 0.4) is 0 Å². The highest BCUT2D eigenvalue weighted by Crippen LogP contribution is 2.21. The summed E-state index contributed by atoms with van der Waals surface area (Å²) in [5, 5.41) is 0.862. The van der Waals surface area contributed by atoms with Crippen LogP contribution >= 0.6 is 11.6 Å². The molecule has 2 aromatic carbocycles. The summed E-state index contributed by atoms with van der Waals surface area (Å²) in [7, 11) is -3.63. The third kappa shape index (κ3) is 3.43. The molecule has 0 N–H and O–H groups in total. The zero-order chi connectivity index (χ0) is 13.9. The molecule has 98 valence electrons. The summed E-state index contributed by atoms with van der Waals surface area (Å²) in [5.41, 5.74) is 0.763. The molecule has 0 saturated heterocycles. The summed E-state index contributed by atoms with van der Waals surface area (Å²) < 4.78 is 37.0. The minimum absolute atomic E-state index is 0.0360. The highest BCUT2D eigenvalue weighted by molar-refractivity contribution is 7.94. The van der Waals surface area contributed by atoms with E-state index in [1.807, 2.05) is 6.07 Å². The van der Waals surface area contributed by atoms with Crippen molar-refractivity contribution >= 4 is 27.5 Å². The Hall–Kier alpha value is -1.65. The minimum Gasteiger partial charge on any atom is -0.219 e. The van der Waals surface area contributed by atoms with Gasteiger partial charge in [0, 0.05) is 5.41 Å². The maximum absolute atomic E-state index is 13.0. The van der Waals surface area contributed by atoms with Crippen LogP contribution in [0, 0.1) is 5.82 Å². The lowest BCUT2D eigenvalue weighted by molar-refractivity contribution is 0.603. The molecule has 0 fully saturated rings. The van der Waals surface area contributed by atoms with E-state index in [1.54, 1.807) is 24.3 Å². The summed E-state index contributed by atoms with van der Waals surface area (Å²) in [6.45, 7) is 0. The fourth-order valence-corrected chi connectivity index (χ4v) is 2.74. The van der Waals surface area contributed by atoms with Crippen molar-refractivity contribution in [2.24, 2.45) is 0 Å². The quantitative estimate of drug-likeness (QED) is 0.804. The number of sulfone groups is 1. The lowest BCUT2D eigenvalue weighted by Crippen LogP contribution is -1.96. The number of benzene rings is 2. The zero-order valence-corrected chi connectivity index (χ0v) is 11.3. The lowest BCUT2D eigenvalue weighted by Gasteiger charge is -2.00. The highest BCUT2D eigenvalue weighted by atomic mass is 35.5. The van der Waals surface area contributed by atoms with Gasteiger partial charge in [0.2, 0.25) is 0 Å². The van der Waals surface area contributed by atoms with Crippen molar-refractivity contribution in [2.75, 3.05) is 0 Å². The van der Waals surface area contributed by atoms with Gasteiger partial charge < -0.3 is 0 Å². The zero-order valence-electron chi connectivity index (χ0n) is 9.75. The third-order valence-corrected chi connectivity index (χ3v) is 4.15. The van der Waals surface area contributed by atoms with E-state index < -0.39 is 15.7 Å². The van der Waals surface area contributed by atoms with Crippen LogP contribution in [-0.4, -0.2) is 8.42 Å². The van der Waals surface area contributed by atoms with Gasteiger partial charge in [0.1, 0.15) is 5.82 Å². The molecule has 0 aliphatic heterocycles. The first-order chi connectivity index (χ1) is 8.99. The van der Waals surface area contributed by atoms with E-state index >= 15 is 0 Å². The maximum Gasteiger partial charge on any atom is 0.199 e. The number of hydrogen-bond acceptors (Lipinski definition) is 2. The molecule has 0 heterocycles. The second kappa shape index (κ2) is 5.55. The molecule has 19 heavy (non-hydrogen) atoms. The Balaban J connectivity index is 2.33. The molecule has 2 nitrogen and oxygen atoms in total. The summed E-state index contributed by atoms with van der Waals surface area (Å²) in [6.07, 6.45) is 1.48. The smallest absolute Gasteiger partial charge is 0.199 e. The highest BCUT2D eigenvalue weighted by Gasteiger charge is 2.12. The van der Waals surface area contributed by atoms with E-state index in [-0.39, 0.29) is 9.92 Å². The normalized spacial score (nSPS) is 11.9. The first-order valence-electron chi connectivity index (χ1n) is 5.42. The van der Waals surface area contributed by atoms with E-state index in [0.29, 0.717) is 0 Å². The molecule has 0 radical (unpaired) electrons. The van der Waals surface area contributed by atoms with Crippen LogP contribution in [-0.2, 0) is 9.84 Å². The van der Waals surface area contributed by atoms with Gasteiger partial charge >= 0.3 is 0 Å². The van der Waals surface area contributed by atoms with Crippen LogP contribution in [0.4, 0.5) is 4.39 Å². The molecule has 0 unspecified atom stereocenters. The average Bonchev–Trinajstić information content (AvgIpc) is 2.41. The molecule has 0 saturated carbocycles. The van der Waals surface area contributed by atoms with E-state index in [2.05, 4.69) is 0 Å². The Kier molecular flexibility index (Phi) is 4.02. The van der Waals surface area contributed by atoms with Crippen molar-refractivity contribution in [3.05, 3.63) is 70.3 Å². The number of hydrogen-bond donors (Lipinski definition) is 0. The lowest BCUT2D eigenvalue weighted by atomic mass is 10.2. The molecule has 0 aromatic heterocycles. The first kappa shape index (κ1) is 13.8. The predicted molar refractivity (Wildman–Crippen MR) is 74.1 cm³/mol. The van der Waals surface area contributed by atoms with Crippen LogP contribution in [0.15, 0.2) is 58.8 Å². The van der Waals surface area contributed by atoms with Crippen LogP contribution < -0.4 is 0 Å². The van der Waals surface area contributed by atoms with Gasteiger partial charge in [-0.3, -0.25) is 0 Å². The van der Waals surface area contributed by atoms with Crippen LogP contribution in [0.25, 0.3) is 6.08 Å². The van der Waals surface area contributed by atoms with Crippen LogP contribution in [0.5, 0.6) is 0 Å². The SMILES string of the molecule is O=S(=O)(C=Cc1ccccc1)c1ccc(F)c(Cl)c1. The predicted octanol–water partition coefficient (Wildman–Crippen LogP) is 3.92. The summed E-state index contributed by atoms with van der Waals surface area (Å²) in [5.74, 6) is -0.646. The van der Waals surface area contributed by atoms with Crippen molar-refractivity contribution in [3.8, 4) is 0 Å². The van der Waals surface area contributed by atoms with E-state index in [9.17, 15) is 12.8 Å². The molecular weight excluding hydrogens is 287 g/mol. The van der Waals surface area contributed by atoms with E-state index in [1.165, 1.54) is 12.1 Å². The van der Waals surface area contributed by atoms with Crippen molar-refractivity contribution in [2.45, 2.75) is 4.90 Å². The van der Waals surface area contributed by atoms with Gasteiger partial charge in [-0.1, -0.05) is 41.9 Å². The van der Waals surface area contributed by atoms with Gasteiger partial charge in [0.25, 0.3) is 0 Å². The third-order valence-electron chi connectivity index (χ3n) is 2.46. The fraction of sp³-hybridized carbons (Fsp3) is 0. The molecular formula is C14H10ClFO2S. The van der Waals surface area contributed by atoms with Gasteiger partial charge in [-0.25, -0.2) is 12.8 Å². The topological polar surface area (TPSA) is 34.1 Å². The molecule has 0 bridgehead atoms. The number of halogens is 2. The summed E-state index contributed by atoms with van der Waals surface area (Å²) in [6, 6.07) is 12.3. The number of rotatable bonds is 3. The average molecular weight is 297 g/mol. The molecule has 2 aromatic rings. The molecule has 2 rings (SSSR count). The fourth-order valence-electron chi connectivity index (χ4n) is 1.46. The summed E-state index contributed by atoms with van der Waals surface area (Å²) in [4.78, 5) is -0.0360. The van der Waals surface area contributed by atoms with Crippen LogP contribution in [0.1, 0.15) is 5.56 Å². The Morgan fingerprint density at radius 2 is 1.74 bits per heavy atom. The van der Waals surface area contributed by atoms with Gasteiger partial charge in [-0.05, 0) is 29.8 Å². The minimum atomic E-state index is -3.63. The monoisotopic (exact) mass is 296 g/mol. The van der Waals surface area contributed by atoms with Gasteiger partial charge in [-0.2, -0.15) is 0 Å². The summed E-state index contributed by atoms with van der Waals surface area (Å²) >= 11 is 5.57. The van der Waals surface area contributed by atoms with Crippen molar-refractivity contribution in [1.82, 2.24) is 0 Å². The van der Waals surface area contributed by atoms with Gasteiger partial charge in [0.05, 0.1) is 9.92 Å². The van der Waals surface area contributed by atoms with Crippen molar-refractivity contribution < 1.29 is 12.8 Å². The Morgan fingerprint density at radius 1 is 1.05 bits per heavy atom. The Morgan fingerprint density at radius 3 is 2.37 bits per heavy atom. The maximum atomic E-state index is 13.0. The molecule has 0 atom stereocenters. The Bertz CT molecular complexity index is 709. The van der Waals surface area contributed by atoms with E-state index in [0.717, 1.165) is 23.1 Å². The molecule has 5 heteroatoms. The van der Waals surface area contributed by atoms with Crippen molar-refractivity contribution in [1.29, 1.82) is 0 Å². The molecule has 0 spiro atoms. The Labute approximate surface area is 116 Å². The van der Waals surface area contributed by atoms with Crippen LogP contribution in [0.2, 0.25) is 5.02 Å². The van der Waals surface area contributed by atoms with Gasteiger partial charge in [-0.15, -0.1) is 0 Å². The van der Waals surface area contributed by atoms with Crippen molar-refractivity contribution in [3.63, 3.8) is 0 Å².